The minimum absolute atomic E-state index is 0.0958. The Hall–Kier alpha value is -3.85. The number of amides is 2. The lowest BCUT2D eigenvalue weighted by molar-refractivity contribution is -0.159. The summed E-state index contributed by atoms with van der Waals surface area (Å²) >= 11 is 0. The normalized spacial score (nSPS) is 21.7. The highest BCUT2D eigenvalue weighted by Crippen LogP contribution is 2.42. The molecule has 2 heterocycles. The molecule has 9 heteroatoms. The van der Waals surface area contributed by atoms with E-state index >= 15 is 0 Å². The van der Waals surface area contributed by atoms with Crippen LogP contribution in [0.5, 0.6) is 5.75 Å². The minimum atomic E-state index is -1.29. The Morgan fingerprint density at radius 1 is 1.11 bits per heavy atom. The molecule has 0 spiro atoms. The van der Waals surface area contributed by atoms with Gasteiger partial charge in [-0.3, -0.25) is 4.79 Å². The van der Waals surface area contributed by atoms with Crippen LogP contribution in [0.3, 0.4) is 0 Å². The first kappa shape index (κ1) is 26.2. The van der Waals surface area contributed by atoms with Crippen LogP contribution in [0.2, 0.25) is 0 Å². The first-order valence-corrected chi connectivity index (χ1v) is 12.4. The number of ether oxygens (including phenoxy) is 2. The number of hydrazine groups is 1. The third kappa shape index (κ3) is 5.61. The summed E-state index contributed by atoms with van der Waals surface area (Å²) in [4.78, 5) is 40.0. The van der Waals surface area contributed by atoms with E-state index in [0.29, 0.717) is 12.1 Å². The van der Waals surface area contributed by atoms with Gasteiger partial charge in [-0.2, -0.15) is 0 Å². The molecule has 1 saturated heterocycles. The van der Waals surface area contributed by atoms with Crippen LogP contribution in [-0.2, 0) is 25.5 Å². The molecule has 9 nitrogen and oxygen atoms in total. The van der Waals surface area contributed by atoms with E-state index in [9.17, 15) is 19.5 Å². The van der Waals surface area contributed by atoms with Gasteiger partial charge in [0.1, 0.15) is 16.9 Å². The lowest BCUT2D eigenvalue weighted by Gasteiger charge is -2.46. The van der Waals surface area contributed by atoms with Gasteiger partial charge in [-0.15, -0.1) is 0 Å². The first-order valence-electron chi connectivity index (χ1n) is 12.4. The van der Waals surface area contributed by atoms with Gasteiger partial charge in [-0.25, -0.2) is 19.6 Å². The third-order valence-corrected chi connectivity index (χ3v) is 6.32. The number of aromatic hydroxyl groups is 1. The Balaban J connectivity index is 1.72. The molecule has 0 saturated carbocycles. The molecule has 1 fully saturated rings. The molecule has 2 amide bonds. The van der Waals surface area contributed by atoms with E-state index in [2.05, 4.69) is 5.32 Å². The number of carbonyl (C=O) groups excluding carboxylic acids is 3. The fraction of sp³-hybridized carbons (Fsp3) is 0.393. The van der Waals surface area contributed by atoms with E-state index in [4.69, 9.17) is 9.47 Å². The number of nitrogens with zero attached hydrogens (tertiary/aromatic N) is 2. The molecule has 2 aliphatic heterocycles. The quantitative estimate of drug-likeness (QED) is 0.572. The number of fused-ring (bicyclic) bond motifs is 1. The van der Waals surface area contributed by atoms with Gasteiger partial charge in [0.05, 0.1) is 18.2 Å². The van der Waals surface area contributed by atoms with Crippen LogP contribution < -0.4 is 5.32 Å². The van der Waals surface area contributed by atoms with Gasteiger partial charge in [-0.05, 0) is 57.4 Å². The molecule has 2 aliphatic rings. The molecule has 2 unspecified atom stereocenters. The van der Waals surface area contributed by atoms with Crippen LogP contribution in [0.4, 0.5) is 4.79 Å². The minimum Gasteiger partial charge on any atom is -0.508 e. The molecule has 2 aromatic carbocycles. The molecule has 4 rings (SSSR count). The van der Waals surface area contributed by atoms with Crippen molar-refractivity contribution in [1.82, 2.24) is 15.3 Å². The predicted octanol–water partition coefficient (Wildman–Crippen LogP) is 3.85. The molecular formula is C28H33N3O6. The van der Waals surface area contributed by atoms with Crippen LogP contribution >= 0.6 is 0 Å². The van der Waals surface area contributed by atoms with Gasteiger partial charge in [0, 0.05) is 19.2 Å². The van der Waals surface area contributed by atoms with Crippen molar-refractivity contribution in [3.8, 4) is 5.75 Å². The summed E-state index contributed by atoms with van der Waals surface area (Å²) in [6, 6.07) is 15.4. The van der Waals surface area contributed by atoms with E-state index in [0.717, 1.165) is 11.1 Å². The highest BCUT2D eigenvalue weighted by molar-refractivity contribution is 5.96. The van der Waals surface area contributed by atoms with Gasteiger partial charge < -0.3 is 19.9 Å². The molecule has 0 radical (unpaired) electrons. The van der Waals surface area contributed by atoms with Crippen molar-refractivity contribution in [3.63, 3.8) is 0 Å². The second kappa shape index (κ2) is 10.3. The van der Waals surface area contributed by atoms with Crippen molar-refractivity contribution in [3.05, 3.63) is 77.5 Å². The van der Waals surface area contributed by atoms with Gasteiger partial charge in [0.15, 0.2) is 0 Å². The number of carbonyl (C=O) groups is 3. The number of rotatable bonds is 6. The summed E-state index contributed by atoms with van der Waals surface area (Å²) in [5.74, 6) is -0.813. The fourth-order valence-corrected chi connectivity index (χ4v) is 4.76. The number of phenols is 1. The maximum absolute atomic E-state index is 14.2. The molecular weight excluding hydrogens is 474 g/mol. The molecule has 2 N–H and O–H groups in total. The van der Waals surface area contributed by atoms with Crippen LogP contribution in [0, 0.1) is 0 Å². The zero-order chi connectivity index (χ0) is 26.8. The van der Waals surface area contributed by atoms with Gasteiger partial charge in [0.25, 0.3) is 5.91 Å². The Kier molecular flexibility index (Phi) is 7.27. The zero-order valence-electron chi connectivity index (χ0n) is 21.6. The fourth-order valence-electron chi connectivity index (χ4n) is 4.76. The Labute approximate surface area is 216 Å². The number of nitrogens with one attached hydrogen (secondary N) is 1. The highest BCUT2D eigenvalue weighted by Gasteiger charge is 2.53. The molecule has 2 aromatic rings. The summed E-state index contributed by atoms with van der Waals surface area (Å²) in [5.41, 5.74) is -0.127. The third-order valence-electron chi connectivity index (χ3n) is 6.32. The maximum atomic E-state index is 14.2. The Morgan fingerprint density at radius 3 is 2.41 bits per heavy atom. The number of hydrogen-bond donors (Lipinski definition) is 2. The Morgan fingerprint density at radius 2 is 1.78 bits per heavy atom. The lowest BCUT2D eigenvalue weighted by atomic mass is 9.84. The highest BCUT2D eigenvalue weighted by atomic mass is 16.6. The number of hydrogen-bond acceptors (Lipinski definition) is 7. The predicted molar refractivity (Wildman–Crippen MR) is 136 cm³/mol. The van der Waals surface area contributed by atoms with E-state index < -0.39 is 29.2 Å². The number of benzene rings is 2. The summed E-state index contributed by atoms with van der Waals surface area (Å²) in [7, 11) is 0. The maximum Gasteiger partial charge on any atom is 0.408 e. The average molecular weight is 508 g/mol. The molecule has 0 aliphatic carbocycles. The second-order valence-electron chi connectivity index (χ2n) is 10.2. The van der Waals surface area contributed by atoms with Crippen molar-refractivity contribution >= 4 is 18.0 Å². The largest absolute Gasteiger partial charge is 0.508 e. The molecule has 0 bridgehead atoms. The Bertz CT molecular complexity index is 1190. The summed E-state index contributed by atoms with van der Waals surface area (Å²) in [5, 5.41) is 15.8. The van der Waals surface area contributed by atoms with E-state index in [1.54, 1.807) is 44.8 Å². The molecule has 196 valence electrons. The molecule has 0 aromatic heterocycles. The van der Waals surface area contributed by atoms with E-state index in [-0.39, 0.29) is 31.1 Å². The first-order chi connectivity index (χ1) is 17.5. The van der Waals surface area contributed by atoms with Crippen LogP contribution in [0.15, 0.2) is 66.4 Å². The van der Waals surface area contributed by atoms with Crippen molar-refractivity contribution in [1.29, 1.82) is 0 Å². The van der Waals surface area contributed by atoms with Crippen LogP contribution in [0.1, 0.15) is 51.3 Å². The van der Waals surface area contributed by atoms with Crippen LogP contribution in [0.25, 0.3) is 0 Å². The average Bonchev–Trinajstić information content (AvgIpc) is 3.22. The topological polar surface area (TPSA) is 108 Å². The monoisotopic (exact) mass is 507 g/mol. The van der Waals surface area contributed by atoms with Crippen LogP contribution in [-0.4, -0.2) is 57.4 Å². The van der Waals surface area contributed by atoms with Gasteiger partial charge in [-0.1, -0.05) is 42.5 Å². The van der Waals surface area contributed by atoms with E-state index in [1.807, 2.05) is 30.3 Å². The number of phenolic OH excluding ortho intramolecular Hbond substituents is 1. The van der Waals surface area contributed by atoms with Gasteiger partial charge in [0.2, 0.25) is 0 Å². The second-order valence-corrected chi connectivity index (χ2v) is 10.2. The zero-order valence-corrected chi connectivity index (χ0v) is 21.6. The van der Waals surface area contributed by atoms with Crippen molar-refractivity contribution in [2.24, 2.45) is 0 Å². The van der Waals surface area contributed by atoms with Gasteiger partial charge >= 0.3 is 12.1 Å². The van der Waals surface area contributed by atoms with Crippen molar-refractivity contribution in [2.75, 3.05) is 13.2 Å². The summed E-state index contributed by atoms with van der Waals surface area (Å²) in [6.45, 7) is 7.55. The lowest BCUT2D eigenvalue weighted by Crippen LogP contribution is -2.67. The standard InChI is InChI=1S/C28H33N3O6/c1-5-36-24(33)22-18-31-25(34)28(17-19-9-7-6-8-10-19,29-26(35)37-27(2,3)4)15-16-30(31)23(22)20-11-13-21(32)14-12-20/h6-14,18,23,32H,5,15-17H2,1-4H3,(H,29,35). The molecule has 2 atom stereocenters. The van der Waals surface area contributed by atoms with Crippen molar-refractivity contribution < 1.29 is 29.0 Å². The summed E-state index contributed by atoms with van der Waals surface area (Å²) in [6.07, 6.45) is 1.35. The SMILES string of the molecule is CCOC(=O)C1=CN2C(=O)C(Cc3ccccc3)(NC(=O)OC(C)(C)C)CCN2C1c1ccc(O)cc1. The van der Waals surface area contributed by atoms with Crippen molar-refractivity contribution in [2.45, 2.75) is 57.7 Å². The molecule has 37 heavy (non-hydrogen) atoms. The number of alkyl carbamates (subject to hydrolysis) is 1. The summed E-state index contributed by atoms with van der Waals surface area (Å²) < 4.78 is 10.8. The van der Waals surface area contributed by atoms with E-state index in [1.165, 1.54) is 23.3 Å². The smallest absolute Gasteiger partial charge is 0.408 e. The number of esters is 1.